The number of hydrogen-bond acceptors (Lipinski definition) is 3. The SMILES string of the molecule is CC1(C)OB(c2cc(N)ccc2Cc2c(F)cccc2F)OC1(C)C. The first-order valence-corrected chi connectivity index (χ1v) is 8.27. The summed E-state index contributed by atoms with van der Waals surface area (Å²) in [6, 6.07) is 9.08. The molecule has 2 N–H and O–H groups in total. The molecule has 0 aliphatic carbocycles. The Balaban J connectivity index is 2.00. The maximum Gasteiger partial charge on any atom is 0.495 e. The molecule has 1 fully saturated rings. The summed E-state index contributed by atoms with van der Waals surface area (Å²) < 4.78 is 40.2. The van der Waals surface area contributed by atoms with E-state index in [1.807, 2.05) is 27.7 Å². The fraction of sp³-hybridized carbons (Fsp3) is 0.368. The monoisotopic (exact) mass is 345 g/mol. The molecule has 2 aromatic rings. The fourth-order valence-corrected chi connectivity index (χ4v) is 2.86. The highest BCUT2D eigenvalue weighted by molar-refractivity contribution is 6.62. The molecule has 0 amide bonds. The lowest BCUT2D eigenvalue weighted by molar-refractivity contribution is 0.00578. The molecule has 6 heteroatoms. The first-order valence-electron chi connectivity index (χ1n) is 8.27. The van der Waals surface area contributed by atoms with Crippen molar-refractivity contribution in [3.8, 4) is 0 Å². The molecular formula is C19H22BF2NO2. The summed E-state index contributed by atoms with van der Waals surface area (Å²) in [4.78, 5) is 0. The molecule has 25 heavy (non-hydrogen) atoms. The van der Waals surface area contributed by atoms with E-state index in [0.717, 1.165) is 5.56 Å². The van der Waals surface area contributed by atoms with Gasteiger partial charge in [-0.15, -0.1) is 0 Å². The van der Waals surface area contributed by atoms with Gasteiger partial charge in [0, 0.05) is 17.7 Å². The Hall–Kier alpha value is -1.92. The van der Waals surface area contributed by atoms with Crippen molar-refractivity contribution in [3.63, 3.8) is 0 Å². The molecule has 2 aromatic carbocycles. The van der Waals surface area contributed by atoms with Crippen molar-refractivity contribution in [1.82, 2.24) is 0 Å². The van der Waals surface area contributed by atoms with Crippen LogP contribution in [0.1, 0.15) is 38.8 Å². The molecule has 0 radical (unpaired) electrons. The Morgan fingerprint density at radius 3 is 2.08 bits per heavy atom. The van der Waals surface area contributed by atoms with Gasteiger partial charge in [0.05, 0.1) is 11.2 Å². The van der Waals surface area contributed by atoms with Crippen LogP contribution in [0, 0.1) is 11.6 Å². The van der Waals surface area contributed by atoms with Gasteiger partial charge in [-0.05, 0) is 63.0 Å². The first-order chi connectivity index (χ1) is 11.6. The van der Waals surface area contributed by atoms with Gasteiger partial charge in [-0.2, -0.15) is 0 Å². The van der Waals surface area contributed by atoms with E-state index in [0.29, 0.717) is 11.2 Å². The van der Waals surface area contributed by atoms with Crippen molar-refractivity contribution in [2.75, 3.05) is 5.73 Å². The van der Waals surface area contributed by atoms with Crippen LogP contribution in [-0.4, -0.2) is 18.3 Å². The summed E-state index contributed by atoms with van der Waals surface area (Å²) in [5.74, 6) is -1.15. The van der Waals surface area contributed by atoms with E-state index in [1.165, 1.54) is 18.2 Å². The van der Waals surface area contributed by atoms with E-state index < -0.39 is 30.0 Å². The zero-order chi connectivity index (χ0) is 18.4. The standard InChI is InChI=1S/C19H22BF2NO2/c1-18(2)19(3,4)25-20(24-18)15-11-13(23)9-8-12(15)10-14-16(21)6-5-7-17(14)22/h5-9,11H,10,23H2,1-4H3. The predicted octanol–water partition coefficient (Wildman–Crippen LogP) is 3.44. The Bertz CT molecular complexity index is 772. The van der Waals surface area contributed by atoms with E-state index >= 15 is 0 Å². The molecule has 1 aliphatic rings. The van der Waals surface area contributed by atoms with Gasteiger partial charge in [-0.1, -0.05) is 12.1 Å². The van der Waals surface area contributed by atoms with Crippen molar-refractivity contribution in [3.05, 3.63) is 59.2 Å². The highest BCUT2D eigenvalue weighted by Gasteiger charge is 2.52. The summed E-state index contributed by atoms with van der Waals surface area (Å²) in [5, 5.41) is 0. The number of anilines is 1. The average molecular weight is 345 g/mol. The van der Waals surface area contributed by atoms with Gasteiger partial charge in [0.1, 0.15) is 11.6 Å². The number of rotatable bonds is 3. The molecule has 0 saturated carbocycles. The highest BCUT2D eigenvalue weighted by atomic mass is 19.1. The number of nitrogen functional groups attached to an aromatic ring is 1. The summed E-state index contributed by atoms with van der Waals surface area (Å²) in [5.41, 5.74) is 6.88. The summed E-state index contributed by atoms with van der Waals surface area (Å²) in [6.45, 7) is 7.82. The van der Waals surface area contributed by atoms with Gasteiger partial charge in [-0.3, -0.25) is 0 Å². The fourth-order valence-electron chi connectivity index (χ4n) is 2.86. The lowest BCUT2D eigenvalue weighted by atomic mass is 9.74. The molecule has 0 aromatic heterocycles. The van der Waals surface area contributed by atoms with Crippen LogP contribution in [0.25, 0.3) is 0 Å². The quantitative estimate of drug-likeness (QED) is 0.685. The van der Waals surface area contributed by atoms with Crippen LogP contribution in [0.5, 0.6) is 0 Å². The third-order valence-corrected chi connectivity index (χ3v) is 5.11. The maximum absolute atomic E-state index is 14.0. The van der Waals surface area contributed by atoms with Crippen LogP contribution in [0.15, 0.2) is 36.4 Å². The van der Waals surface area contributed by atoms with E-state index in [1.54, 1.807) is 18.2 Å². The molecule has 1 aliphatic heterocycles. The topological polar surface area (TPSA) is 44.5 Å². The minimum Gasteiger partial charge on any atom is -0.399 e. The Labute approximate surface area is 147 Å². The van der Waals surface area contributed by atoms with Gasteiger partial charge in [-0.25, -0.2) is 8.78 Å². The van der Waals surface area contributed by atoms with Gasteiger partial charge in [0.2, 0.25) is 0 Å². The van der Waals surface area contributed by atoms with Crippen molar-refractivity contribution in [1.29, 1.82) is 0 Å². The second kappa shape index (κ2) is 6.11. The average Bonchev–Trinajstić information content (AvgIpc) is 2.72. The van der Waals surface area contributed by atoms with Crippen molar-refractivity contribution < 1.29 is 18.1 Å². The van der Waals surface area contributed by atoms with E-state index in [9.17, 15) is 8.78 Å². The number of benzene rings is 2. The molecule has 1 saturated heterocycles. The number of hydrogen-bond donors (Lipinski definition) is 1. The van der Waals surface area contributed by atoms with Crippen molar-refractivity contribution in [2.45, 2.75) is 45.3 Å². The van der Waals surface area contributed by atoms with Crippen LogP contribution in [0.4, 0.5) is 14.5 Å². The third-order valence-electron chi connectivity index (χ3n) is 5.11. The zero-order valence-electron chi connectivity index (χ0n) is 14.9. The van der Waals surface area contributed by atoms with Crippen LogP contribution < -0.4 is 11.2 Å². The maximum atomic E-state index is 14.0. The van der Waals surface area contributed by atoms with Gasteiger partial charge in [0.15, 0.2) is 0 Å². The Morgan fingerprint density at radius 2 is 1.52 bits per heavy atom. The summed E-state index contributed by atoms with van der Waals surface area (Å²) >= 11 is 0. The highest BCUT2D eigenvalue weighted by Crippen LogP contribution is 2.37. The lowest BCUT2D eigenvalue weighted by Crippen LogP contribution is -2.41. The van der Waals surface area contributed by atoms with Crippen molar-refractivity contribution in [2.24, 2.45) is 0 Å². The van der Waals surface area contributed by atoms with E-state index in [-0.39, 0.29) is 12.0 Å². The van der Waals surface area contributed by atoms with Crippen LogP contribution in [0.2, 0.25) is 0 Å². The lowest BCUT2D eigenvalue weighted by Gasteiger charge is -2.32. The molecule has 0 atom stereocenters. The second-order valence-electron chi connectivity index (χ2n) is 7.42. The molecular weight excluding hydrogens is 323 g/mol. The van der Waals surface area contributed by atoms with Crippen LogP contribution >= 0.6 is 0 Å². The normalized spacial score (nSPS) is 18.6. The summed E-state index contributed by atoms with van der Waals surface area (Å²) in [6.07, 6.45) is 0.0954. The minimum atomic E-state index is -0.640. The summed E-state index contributed by atoms with van der Waals surface area (Å²) in [7, 11) is -0.640. The molecule has 0 unspecified atom stereocenters. The third kappa shape index (κ3) is 3.28. The largest absolute Gasteiger partial charge is 0.495 e. The molecule has 3 rings (SSSR count). The Morgan fingerprint density at radius 1 is 0.960 bits per heavy atom. The zero-order valence-corrected chi connectivity index (χ0v) is 14.9. The predicted molar refractivity (Wildman–Crippen MR) is 95.7 cm³/mol. The van der Waals surface area contributed by atoms with Gasteiger partial charge >= 0.3 is 7.12 Å². The number of halogens is 2. The van der Waals surface area contributed by atoms with Gasteiger partial charge < -0.3 is 15.0 Å². The van der Waals surface area contributed by atoms with Crippen LogP contribution in [0.3, 0.4) is 0 Å². The number of nitrogens with two attached hydrogens (primary N) is 1. The Kier molecular flexibility index (Phi) is 4.37. The van der Waals surface area contributed by atoms with E-state index in [2.05, 4.69) is 0 Å². The van der Waals surface area contributed by atoms with E-state index in [4.69, 9.17) is 15.0 Å². The van der Waals surface area contributed by atoms with Crippen LogP contribution in [-0.2, 0) is 15.7 Å². The first kappa shape index (κ1) is 17.9. The van der Waals surface area contributed by atoms with Gasteiger partial charge in [0.25, 0.3) is 0 Å². The molecule has 1 heterocycles. The molecule has 3 nitrogen and oxygen atoms in total. The molecule has 0 bridgehead atoms. The molecule has 0 spiro atoms. The second-order valence-corrected chi connectivity index (χ2v) is 7.42. The molecule has 132 valence electrons. The van der Waals surface area contributed by atoms with Crippen molar-refractivity contribution >= 4 is 18.3 Å². The smallest absolute Gasteiger partial charge is 0.399 e. The minimum absolute atomic E-state index is 0.0186.